The molecule has 1 aliphatic heterocycles. The molecule has 0 fully saturated rings. The minimum absolute atomic E-state index is 0.256. The number of hydrogen-bond donors (Lipinski definition) is 2. The summed E-state index contributed by atoms with van der Waals surface area (Å²) in [4.78, 5) is 12.2. The van der Waals surface area contributed by atoms with Crippen molar-refractivity contribution >= 4 is 17.4 Å². The smallest absolute Gasteiger partial charge is 0.323 e. The van der Waals surface area contributed by atoms with E-state index in [1.54, 1.807) is 7.11 Å². The Labute approximate surface area is 140 Å². The average Bonchev–Trinajstić information content (AvgIpc) is 2.76. The summed E-state index contributed by atoms with van der Waals surface area (Å²) in [5.74, 6) is 0.701. The van der Waals surface area contributed by atoms with Crippen LogP contribution in [0.1, 0.15) is 0 Å². The first-order valence-electron chi connectivity index (χ1n) is 7.71. The largest absolute Gasteiger partial charge is 0.497 e. The second-order valence-corrected chi connectivity index (χ2v) is 5.59. The molecule has 4 rings (SSSR count). The van der Waals surface area contributed by atoms with Gasteiger partial charge in [-0.1, -0.05) is 48.5 Å². The number of methoxy groups -OCH3 is 1. The average molecular weight is 316 g/mol. The summed E-state index contributed by atoms with van der Waals surface area (Å²) in [7, 11) is 1.63. The molecule has 1 heterocycles. The van der Waals surface area contributed by atoms with Gasteiger partial charge in [0.2, 0.25) is 0 Å². The van der Waals surface area contributed by atoms with Crippen molar-refractivity contribution in [3.63, 3.8) is 0 Å². The number of fused-ring (bicyclic) bond motifs is 3. The van der Waals surface area contributed by atoms with Gasteiger partial charge in [0.1, 0.15) is 5.75 Å². The number of para-hydroxylation sites is 1. The number of ether oxygens (including phenoxy) is 1. The molecule has 0 saturated carbocycles. The van der Waals surface area contributed by atoms with Gasteiger partial charge in [-0.05, 0) is 23.3 Å². The first-order chi connectivity index (χ1) is 11.8. The normalized spacial score (nSPS) is 12.3. The van der Waals surface area contributed by atoms with Gasteiger partial charge in [-0.25, -0.2) is 4.79 Å². The van der Waals surface area contributed by atoms with Crippen LogP contribution in [0.4, 0.5) is 16.2 Å². The summed E-state index contributed by atoms with van der Waals surface area (Å²) in [6.45, 7) is 0. The lowest BCUT2D eigenvalue weighted by Gasteiger charge is -2.16. The van der Waals surface area contributed by atoms with Crippen molar-refractivity contribution in [1.29, 1.82) is 0 Å². The zero-order valence-electron chi connectivity index (χ0n) is 13.2. The molecule has 0 radical (unpaired) electrons. The van der Waals surface area contributed by atoms with Crippen LogP contribution in [0.2, 0.25) is 0 Å². The van der Waals surface area contributed by atoms with E-state index in [0.717, 1.165) is 33.6 Å². The van der Waals surface area contributed by atoms with Crippen LogP contribution < -0.4 is 15.4 Å². The van der Waals surface area contributed by atoms with E-state index in [9.17, 15) is 4.79 Å². The Hall–Kier alpha value is -3.27. The van der Waals surface area contributed by atoms with Crippen LogP contribution in [0.25, 0.3) is 22.3 Å². The predicted octanol–water partition coefficient (Wildman–Crippen LogP) is 4.99. The van der Waals surface area contributed by atoms with E-state index in [1.807, 2.05) is 54.6 Å². The number of urea groups is 1. The first kappa shape index (κ1) is 14.3. The Bertz CT molecular complexity index is 920. The number of carbonyl (C=O) groups excluding carboxylic acids is 1. The molecule has 3 aromatic rings. The Morgan fingerprint density at radius 2 is 1.50 bits per heavy atom. The zero-order chi connectivity index (χ0) is 16.5. The van der Waals surface area contributed by atoms with Gasteiger partial charge < -0.3 is 15.4 Å². The second-order valence-electron chi connectivity index (χ2n) is 5.59. The van der Waals surface area contributed by atoms with E-state index in [1.165, 1.54) is 0 Å². The predicted molar refractivity (Wildman–Crippen MR) is 96.5 cm³/mol. The molecule has 0 unspecified atom stereocenters. The molecular formula is C20H16N2O2. The van der Waals surface area contributed by atoms with Gasteiger partial charge in [0.25, 0.3) is 0 Å². The Balaban J connectivity index is 2.07. The van der Waals surface area contributed by atoms with Gasteiger partial charge in [0, 0.05) is 17.2 Å². The first-order valence-corrected chi connectivity index (χ1v) is 7.71. The molecule has 1 aliphatic rings. The van der Waals surface area contributed by atoms with E-state index in [0.29, 0.717) is 5.75 Å². The second kappa shape index (κ2) is 5.74. The summed E-state index contributed by atoms with van der Waals surface area (Å²) in [6, 6.07) is 21.5. The maximum atomic E-state index is 12.2. The summed E-state index contributed by atoms with van der Waals surface area (Å²) in [5.41, 5.74) is 5.56. The molecule has 0 atom stereocenters. The van der Waals surface area contributed by atoms with E-state index < -0.39 is 0 Å². The van der Waals surface area contributed by atoms with Crippen LogP contribution in [0.5, 0.6) is 5.75 Å². The van der Waals surface area contributed by atoms with Crippen LogP contribution in [-0.4, -0.2) is 13.1 Å². The lowest BCUT2D eigenvalue weighted by Crippen LogP contribution is -2.17. The summed E-state index contributed by atoms with van der Waals surface area (Å²) in [6.07, 6.45) is 0. The fraction of sp³-hybridized carbons (Fsp3) is 0.0500. The van der Waals surface area contributed by atoms with Crippen molar-refractivity contribution in [2.75, 3.05) is 17.7 Å². The maximum absolute atomic E-state index is 12.2. The van der Waals surface area contributed by atoms with Crippen molar-refractivity contribution in [2.24, 2.45) is 0 Å². The van der Waals surface area contributed by atoms with Crippen molar-refractivity contribution < 1.29 is 9.53 Å². The molecule has 2 amide bonds. The van der Waals surface area contributed by atoms with Crippen LogP contribution in [-0.2, 0) is 0 Å². The molecule has 4 nitrogen and oxygen atoms in total. The highest BCUT2D eigenvalue weighted by Crippen LogP contribution is 2.44. The van der Waals surface area contributed by atoms with Gasteiger partial charge in [-0.15, -0.1) is 0 Å². The number of amides is 2. The topological polar surface area (TPSA) is 50.4 Å². The lowest BCUT2D eigenvalue weighted by atomic mass is 9.92. The molecule has 2 N–H and O–H groups in total. The third-order valence-electron chi connectivity index (χ3n) is 4.13. The standard InChI is InChI=1S/C20H16N2O2/c1-24-14-11-16(13-7-3-2-4-8-13)19-15-9-5-6-10-17(15)21-20(23)22-18(19)12-14/h2-12H,1H3,(H2,21,22,23). The number of rotatable bonds is 2. The molecule has 0 bridgehead atoms. The van der Waals surface area contributed by atoms with Gasteiger partial charge >= 0.3 is 6.03 Å². The van der Waals surface area contributed by atoms with Crippen LogP contribution >= 0.6 is 0 Å². The Morgan fingerprint density at radius 3 is 2.29 bits per heavy atom. The van der Waals surface area contributed by atoms with Gasteiger partial charge in [0.05, 0.1) is 18.5 Å². The highest BCUT2D eigenvalue weighted by molar-refractivity contribution is 6.11. The number of anilines is 2. The third kappa shape index (κ3) is 2.38. The fourth-order valence-corrected chi connectivity index (χ4v) is 3.05. The fourth-order valence-electron chi connectivity index (χ4n) is 3.05. The molecule has 24 heavy (non-hydrogen) atoms. The van der Waals surface area contributed by atoms with E-state index >= 15 is 0 Å². The highest BCUT2D eigenvalue weighted by atomic mass is 16.5. The molecule has 0 spiro atoms. The molecule has 118 valence electrons. The number of benzene rings is 3. The quantitative estimate of drug-likeness (QED) is 0.700. The van der Waals surface area contributed by atoms with Crippen molar-refractivity contribution in [1.82, 2.24) is 0 Å². The zero-order valence-corrected chi connectivity index (χ0v) is 13.2. The minimum atomic E-state index is -0.256. The maximum Gasteiger partial charge on any atom is 0.323 e. The van der Waals surface area contributed by atoms with Crippen LogP contribution in [0.15, 0.2) is 66.7 Å². The molecule has 0 saturated heterocycles. The summed E-state index contributed by atoms with van der Waals surface area (Å²) in [5, 5.41) is 5.82. The Morgan fingerprint density at radius 1 is 0.792 bits per heavy atom. The monoisotopic (exact) mass is 316 g/mol. The number of carbonyl (C=O) groups is 1. The SMILES string of the molecule is COc1cc2c(c(-c3ccccc3)c1)-c1ccccc1NC(=O)N2. The lowest BCUT2D eigenvalue weighted by molar-refractivity contribution is 0.262. The van der Waals surface area contributed by atoms with Crippen LogP contribution in [0, 0.1) is 0 Å². The minimum Gasteiger partial charge on any atom is -0.497 e. The van der Waals surface area contributed by atoms with Crippen molar-refractivity contribution in [3.05, 3.63) is 66.7 Å². The van der Waals surface area contributed by atoms with Crippen LogP contribution in [0.3, 0.4) is 0 Å². The van der Waals surface area contributed by atoms with Gasteiger partial charge in [-0.3, -0.25) is 0 Å². The Kier molecular flexibility index (Phi) is 3.43. The van der Waals surface area contributed by atoms with Gasteiger partial charge in [-0.2, -0.15) is 0 Å². The van der Waals surface area contributed by atoms with Crippen molar-refractivity contribution in [3.8, 4) is 28.0 Å². The molecule has 0 aliphatic carbocycles. The summed E-state index contributed by atoms with van der Waals surface area (Å²) >= 11 is 0. The van der Waals surface area contributed by atoms with E-state index in [2.05, 4.69) is 22.8 Å². The van der Waals surface area contributed by atoms with Gasteiger partial charge in [0.15, 0.2) is 0 Å². The number of hydrogen-bond acceptors (Lipinski definition) is 2. The highest BCUT2D eigenvalue weighted by Gasteiger charge is 2.22. The molecule has 4 heteroatoms. The van der Waals surface area contributed by atoms with E-state index in [4.69, 9.17) is 4.74 Å². The summed E-state index contributed by atoms with van der Waals surface area (Å²) < 4.78 is 5.43. The van der Waals surface area contributed by atoms with E-state index in [-0.39, 0.29) is 6.03 Å². The molecule has 3 aromatic carbocycles. The molecular weight excluding hydrogens is 300 g/mol. The number of nitrogens with one attached hydrogen (secondary N) is 2. The van der Waals surface area contributed by atoms with Crippen molar-refractivity contribution in [2.45, 2.75) is 0 Å². The molecule has 0 aromatic heterocycles. The third-order valence-corrected chi connectivity index (χ3v) is 4.13.